The molecule has 0 heterocycles. The van der Waals surface area contributed by atoms with Gasteiger partial charge in [0, 0.05) is 10.0 Å². The minimum atomic E-state index is -2.08. The number of alkyl halides is 1. The predicted molar refractivity (Wildman–Crippen MR) is 62.8 cm³/mol. The molecule has 1 aromatic carbocycles. The molecule has 1 aromatic rings. The molecule has 0 aliphatic rings. The van der Waals surface area contributed by atoms with E-state index in [9.17, 15) is 9.18 Å². The van der Waals surface area contributed by atoms with Crippen LogP contribution in [-0.2, 0) is 10.3 Å². The summed E-state index contributed by atoms with van der Waals surface area (Å²) in [5.41, 5.74) is 1.80. The van der Waals surface area contributed by atoms with E-state index in [0.717, 1.165) is 13.8 Å². The van der Waals surface area contributed by atoms with Gasteiger partial charge in [0.25, 0.3) is 0 Å². The van der Waals surface area contributed by atoms with E-state index in [-0.39, 0.29) is 5.56 Å². The summed E-state index contributed by atoms with van der Waals surface area (Å²) in [7, 11) is 0. The summed E-state index contributed by atoms with van der Waals surface area (Å²) in [6.45, 7) is 2.31. The first-order valence-electron chi connectivity index (χ1n) is 4.67. The molecule has 0 radical (unpaired) electrons. The van der Waals surface area contributed by atoms with Crippen LogP contribution in [0.25, 0.3) is 0 Å². The lowest BCUT2D eigenvalue weighted by Gasteiger charge is -2.35. The quantitative estimate of drug-likeness (QED) is 0.898. The molecule has 0 aliphatic carbocycles. The van der Waals surface area contributed by atoms with E-state index in [1.807, 2.05) is 0 Å². The standard InChI is InChI=1S/C11H13BrFNO2/c1-10(2,13)11(14,9(15)16)7-5-3-4-6-8(7)12/h3-6H,14H2,1-2H3,(H,15,16). The molecule has 0 aromatic heterocycles. The molecule has 0 spiro atoms. The van der Waals surface area contributed by atoms with Gasteiger partial charge in [0.05, 0.1) is 0 Å². The molecule has 3 N–H and O–H groups in total. The van der Waals surface area contributed by atoms with Gasteiger partial charge in [0.15, 0.2) is 5.54 Å². The normalized spacial score (nSPS) is 15.6. The van der Waals surface area contributed by atoms with Gasteiger partial charge in [-0.2, -0.15) is 0 Å². The fourth-order valence-corrected chi connectivity index (χ4v) is 2.07. The Morgan fingerprint density at radius 1 is 1.44 bits per heavy atom. The van der Waals surface area contributed by atoms with Gasteiger partial charge in [0.1, 0.15) is 5.67 Å². The maximum Gasteiger partial charge on any atom is 0.331 e. The highest BCUT2D eigenvalue weighted by molar-refractivity contribution is 9.10. The largest absolute Gasteiger partial charge is 0.480 e. The Balaban J connectivity index is 3.46. The molecule has 0 amide bonds. The van der Waals surface area contributed by atoms with E-state index < -0.39 is 17.2 Å². The molecule has 1 rings (SSSR count). The van der Waals surface area contributed by atoms with E-state index >= 15 is 0 Å². The predicted octanol–water partition coefficient (Wildman–Crippen LogP) is 2.44. The second kappa shape index (κ2) is 4.14. The van der Waals surface area contributed by atoms with E-state index in [4.69, 9.17) is 10.8 Å². The second-order valence-corrected chi connectivity index (χ2v) is 4.92. The Bertz CT molecular complexity index is 417. The molecule has 1 atom stereocenters. The molecule has 0 fully saturated rings. The first-order chi connectivity index (χ1) is 7.21. The third-order valence-electron chi connectivity index (χ3n) is 2.57. The summed E-state index contributed by atoms with van der Waals surface area (Å²) in [4.78, 5) is 11.2. The summed E-state index contributed by atoms with van der Waals surface area (Å²) in [6.07, 6.45) is 0. The van der Waals surface area contributed by atoms with Crippen molar-refractivity contribution in [3.05, 3.63) is 34.3 Å². The van der Waals surface area contributed by atoms with Gasteiger partial charge >= 0.3 is 5.97 Å². The van der Waals surface area contributed by atoms with Gasteiger partial charge < -0.3 is 10.8 Å². The van der Waals surface area contributed by atoms with Crippen molar-refractivity contribution in [2.24, 2.45) is 5.73 Å². The van der Waals surface area contributed by atoms with Crippen LogP contribution in [0.2, 0.25) is 0 Å². The molecule has 0 saturated heterocycles. The molecule has 0 aliphatic heterocycles. The SMILES string of the molecule is CC(C)(F)C(N)(C(=O)O)c1ccccc1Br. The number of hydrogen-bond acceptors (Lipinski definition) is 2. The van der Waals surface area contributed by atoms with E-state index in [1.165, 1.54) is 6.07 Å². The van der Waals surface area contributed by atoms with Crippen molar-refractivity contribution in [3.8, 4) is 0 Å². The Hall–Kier alpha value is -0.940. The number of aliphatic carboxylic acids is 1. The maximum atomic E-state index is 14.0. The lowest BCUT2D eigenvalue weighted by atomic mass is 9.78. The zero-order chi connectivity index (χ0) is 12.6. The minimum Gasteiger partial charge on any atom is -0.480 e. The van der Waals surface area contributed by atoms with Gasteiger partial charge in [-0.25, -0.2) is 9.18 Å². The highest BCUT2D eigenvalue weighted by Crippen LogP contribution is 2.37. The van der Waals surface area contributed by atoms with Crippen molar-refractivity contribution >= 4 is 21.9 Å². The topological polar surface area (TPSA) is 63.3 Å². The number of benzene rings is 1. The lowest BCUT2D eigenvalue weighted by molar-refractivity contribution is -0.149. The third kappa shape index (κ3) is 1.97. The molecule has 0 saturated carbocycles. The molecule has 5 heteroatoms. The average molecular weight is 290 g/mol. The molecular weight excluding hydrogens is 277 g/mol. The number of hydrogen-bond donors (Lipinski definition) is 2. The summed E-state index contributed by atoms with van der Waals surface area (Å²) in [5.74, 6) is -1.40. The fraction of sp³-hybridized carbons (Fsp3) is 0.364. The van der Waals surface area contributed by atoms with Crippen LogP contribution in [0.1, 0.15) is 19.4 Å². The molecule has 88 valence electrons. The van der Waals surface area contributed by atoms with Crippen LogP contribution in [0.5, 0.6) is 0 Å². The Labute approximate surface area is 102 Å². The van der Waals surface area contributed by atoms with Crippen molar-refractivity contribution in [1.82, 2.24) is 0 Å². The molecular formula is C11H13BrFNO2. The van der Waals surface area contributed by atoms with Gasteiger partial charge in [-0.05, 0) is 19.9 Å². The first-order valence-corrected chi connectivity index (χ1v) is 5.46. The van der Waals surface area contributed by atoms with Crippen LogP contribution in [0, 0.1) is 0 Å². The zero-order valence-corrected chi connectivity index (χ0v) is 10.6. The van der Waals surface area contributed by atoms with Gasteiger partial charge in [-0.1, -0.05) is 34.1 Å². The summed E-state index contributed by atoms with van der Waals surface area (Å²) in [5, 5.41) is 9.16. The van der Waals surface area contributed by atoms with Gasteiger partial charge in [0.2, 0.25) is 0 Å². The van der Waals surface area contributed by atoms with Crippen molar-refractivity contribution < 1.29 is 14.3 Å². The van der Waals surface area contributed by atoms with E-state index in [2.05, 4.69) is 15.9 Å². The summed E-state index contributed by atoms with van der Waals surface area (Å²) in [6, 6.07) is 6.46. The number of carboxylic acids is 1. The molecule has 0 bridgehead atoms. The van der Waals surface area contributed by atoms with Crippen LogP contribution < -0.4 is 5.73 Å². The zero-order valence-electron chi connectivity index (χ0n) is 9.00. The number of nitrogens with two attached hydrogens (primary N) is 1. The Morgan fingerprint density at radius 2 is 1.94 bits per heavy atom. The van der Waals surface area contributed by atoms with E-state index in [1.54, 1.807) is 18.2 Å². The monoisotopic (exact) mass is 289 g/mol. The van der Waals surface area contributed by atoms with Crippen molar-refractivity contribution in [1.29, 1.82) is 0 Å². The third-order valence-corrected chi connectivity index (χ3v) is 3.27. The Kier molecular flexibility index (Phi) is 3.40. The summed E-state index contributed by atoms with van der Waals surface area (Å²) < 4.78 is 14.5. The van der Waals surface area contributed by atoms with E-state index in [0.29, 0.717) is 4.47 Å². The van der Waals surface area contributed by atoms with Crippen LogP contribution in [-0.4, -0.2) is 16.7 Å². The van der Waals surface area contributed by atoms with Gasteiger partial charge in [-0.15, -0.1) is 0 Å². The smallest absolute Gasteiger partial charge is 0.331 e. The molecule has 3 nitrogen and oxygen atoms in total. The lowest BCUT2D eigenvalue weighted by Crippen LogP contribution is -2.58. The maximum absolute atomic E-state index is 14.0. The van der Waals surface area contributed by atoms with Crippen molar-refractivity contribution in [3.63, 3.8) is 0 Å². The van der Waals surface area contributed by atoms with Crippen molar-refractivity contribution in [2.45, 2.75) is 25.1 Å². The van der Waals surface area contributed by atoms with Crippen LogP contribution in [0.15, 0.2) is 28.7 Å². The number of carbonyl (C=O) groups is 1. The van der Waals surface area contributed by atoms with Gasteiger partial charge in [-0.3, -0.25) is 0 Å². The fourth-order valence-electron chi connectivity index (χ4n) is 1.47. The molecule has 16 heavy (non-hydrogen) atoms. The highest BCUT2D eigenvalue weighted by Gasteiger charge is 2.51. The first kappa shape index (κ1) is 13.1. The average Bonchev–Trinajstić information content (AvgIpc) is 2.15. The van der Waals surface area contributed by atoms with Crippen molar-refractivity contribution in [2.75, 3.05) is 0 Å². The van der Waals surface area contributed by atoms with Crippen LogP contribution in [0.4, 0.5) is 4.39 Å². The van der Waals surface area contributed by atoms with Crippen LogP contribution in [0.3, 0.4) is 0 Å². The van der Waals surface area contributed by atoms with Crippen LogP contribution >= 0.6 is 15.9 Å². The number of halogens is 2. The minimum absolute atomic E-state index is 0.218. The second-order valence-electron chi connectivity index (χ2n) is 4.07. The Morgan fingerprint density at radius 3 is 2.31 bits per heavy atom. The highest BCUT2D eigenvalue weighted by atomic mass is 79.9. The molecule has 1 unspecified atom stereocenters. The number of rotatable bonds is 3. The number of carboxylic acid groups (broad SMARTS) is 1. The summed E-state index contributed by atoms with van der Waals surface area (Å²) >= 11 is 3.18.